The van der Waals surface area contributed by atoms with Gasteiger partial charge >= 0.3 is 0 Å². The highest BCUT2D eigenvalue weighted by atomic mass is 32.2. The summed E-state index contributed by atoms with van der Waals surface area (Å²) in [7, 11) is -7.49. The van der Waals surface area contributed by atoms with Gasteiger partial charge in [-0.1, -0.05) is 6.07 Å². The van der Waals surface area contributed by atoms with Gasteiger partial charge in [-0.3, -0.25) is 9.59 Å². The lowest BCUT2D eigenvalue weighted by atomic mass is 9.81. The number of aromatic amines is 3. The third-order valence-corrected chi connectivity index (χ3v) is 25.4. The molecule has 3 saturated carbocycles. The topological polar surface area (TPSA) is 452 Å². The van der Waals surface area contributed by atoms with E-state index >= 15 is 0 Å². The molecule has 0 aliphatic heterocycles. The monoisotopic (exact) mass is 1480 g/mol. The van der Waals surface area contributed by atoms with Gasteiger partial charge in [0, 0.05) is 98.0 Å². The van der Waals surface area contributed by atoms with E-state index in [0.717, 1.165) is 55.6 Å². The Kier molecular flexibility index (Phi) is 20.2. The zero-order valence-corrected chi connectivity index (χ0v) is 58.9. The van der Waals surface area contributed by atoms with Gasteiger partial charge in [0.1, 0.15) is 49.1 Å². The second-order valence-electron chi connectivity index (χ2n) is 24.9. The highest BCUT2D eigenvalue weighted by molar-refractivity contribution is 7.92. The highest BCUT2D eigenvalue weighted by Gasteiger charge is 2.38. The van der Waals surface area contributed by atoms with Gasteiger partial charge in [-0.2, -0.15) is 15.8 Å². The minimum atomic E-state index is -3.59. The number of rotatable bonds is 21. The van der Waals surface area contributed by atoms with E-state index in [-0.39, 0.29) is 97.6 Å². The van der Waals surface area contributed by atoms with Crippen molar-refractivity contribution in [2.75, 3.05) is 47.3 Å². The number of thiazole rings is 2. The van der Waals surface area contributed by atoms with E-state index in [2.05, 4.69) is 81.4 Å². The van der Waals surface area contributed by atoms with E-state index in [9.17, 15) is 39.9 Å². The lowest BCUT2D eigenvalue weighted by Crippen LogP contribution is -2.39. The molecule has 0 unspecified atom stereocenters. The van der Waals surface area contributed by atoms with E-state index in [1.165, 1.54) is 77.7 Å². The van der Waals surface area contributed by atoms with Gasteiger partial charge in [0.05, 0.1) is 109 Å². The van der Waals surface area contributed by atoms with Crippen LogP contribution >= 0.6 is 22.7 Å². The van der Waals surface area contributed by atoms with Gasteiger partial charge in [0.15, 0.2) is 39.6 Å². The molecule has 0 spiro atoms. The Morgan fingerprint density at radius 1 is 0.515 bits per heavy atom. The lowest BCUT2D eigenvalue weighted by molar-refractivity contribution is 0.0958. The lowest BCUT2D eigenvalue weighted by Gasteiger charge is -2.36. The van der Waals surface area contributed by atoms with Crippen molar-refractivity contribution in [1.82, 2.24) is 65.5 Å². The molecule has 0 radical (unpaired) electrons. The van der Waals surface area contributed by atoms with Crippen LogP contribution in [0.25, 0.3) is 65.7 Å². The van der Waals surface area contributed by atoms with Gasteiger partial charge in [-0.25, -0.2) is 65.1 Å². The molecule has 2 amide bonds. The van der Waals surface area contributed by atoms with Crippen LogP contribution in [-0.4, -0.2) is 146 Å². The number of nitrogens with one attached hydrogen (secondary N) is 8. The van der Waals surface area contributed by atoms with Crippen LogP contribution in [0.2, 0.25) is 0 Å². The number of anilines is 3. The standard InChI is InChI=1S/2C23H21N7O3S2.C23H21N5O4S/c2*1-25-22(31)18-11-29-23(34-18)17-10-28-21-16(3-5-27-21)20(17)30-15-6-14(7-15)12-35(32,33)19-8-13(9-24)2-4-26-19;24-9-14-2-1-3-18(8-14)33(30,31)13-15-6-16(7-15)28-21-19-4-5-25-22(19)26-11-20(21)23-27-10-17(12-29)32-23/h2*2-5,8,10-11,14-15H,6-7,12H2,1H3,(H,25,31)(H2,27,28,30);1-5,8,10-11,15-16,29H,6-7,12-13H2,(H2,25,26,28). The Morgan fingerprint density at radius 2 is 0.922 bits per heavy atom. The van der Waals surface area contributed by atoms with Gasteiger partial charge in [-0.15, -0.1) is 22.7 Å². The Morgan fingerprint density at radius 3 is 1.33 bits per heavy atom. The normalized spacial score (nSPS) is 17.7. The number of benzene rings is 1. The summed E-state index contributed by atoms with van der Waals surface area (Å²) in [6.45, 7) is -0.244. The zero-order valence-electron chi connectivity index (χ0n) is 54.8. The molecule has 9 N–H and O–H groups in total. The van der Waals surface area contributed by atoms with E-state index in [1.54, 1.807) is 63.4 Å². The summed E-state index contributed by atoms with van der Waals surface area (Å²) in [4.78, 5) is 68.9. The average molecular weight is 1480 g/mol. The molecule has 1 aromatic carbocycles. The number of aliphatic hydroxyl groups is 1. The average Bonchev–Trinajstić information content (AvgIpc) is 1.75. The van der Waals surface area contributed by atoms with Crippen LogP contribution < -0.4 is 26.6 Å². The predicted molar refractivity (Wildman–Crippen MR) is 384 cm³/mol. The first-order chi connectivity index (χ1) is 49.7. The number of aliphatic hydroxyl groups excluding tert-OH is 1. The number of sulfone groups is 3. The predicted octanol–water partition coefficient (Wildman–Crippen LogP) is 9.20. The summed E-state index contributed by atoms with van der Waals surface area (Å²) >= 11 is 2.57. The first-order valence-electron chi connectivity index (χ1n) is 32.2. The number of fused-ring (bicyclic) bond motifs is 3. The van der Waals surface area contributed by atoms with Crippen molar-refractivity contribution < 1.29 is 44.4 Å². The molecule has 0 atom stereocenters. The number of nitrogens with zero attached hydrogens (tertiary/aromatic N) is 11. The van der Waals surface area contributed by atoms with Crippen molar-refractivity contribution in [3.8, 4) is 50.8 Å². The fourth-order valence-corrected chi connectivity index (χ4v) is 19.2. The third kappa shape index (κ3) is 15.3. The summed E-state index contributed by atoms with van der Waals surface area (Å²) in [6, 6.07) is 23.6. The molecule has 12 aromatic rings. The first-order valence-corrected chi connectivity index (χ1v) is 38.8. The fourth-order valence-electron chi connectivity index (χ4n) is 12.6. The quantitative estimate of drug-likeness (QED) is 0.0323. The second kappa shape index (κ2) is 29.7. The van der Waals surface area contributed by atoms with Crippen LogP contribution in [-0.2, 0) is 36.1 Å². The number of aromatic nitrogens is 11. The molecule has 103 heavy (non-hydrogen) atoms. The Balaban J connectivity index is 0.000000138. The molecule has 3 aliphatic rings. The zero-order chi connectivity index (χ0) is 72.2. The largest absolute Gasteiger partial charge is 0.439 e. The molecule has 29 nitrogen and oxygen atoms in total. The number of H-pyrrole nitrogens is 3. The van der Waals surface area contributed by atoms with Crippen LogP contribution in [0, 0.1) is 51.7 Å². The van der Waals surface area contributed by atoms with Gasteiger partial charge < -0.3 is 51.1 Å². The van der Waals surface area contributed by atoms with Crippen LogP contribution in [0.4, 0.5) is 17.1 Å². The fraction of sp³-hybridized carbons (Fsp3) is 0.261. The number of carbonyl (C=O) groups excluding carboxylic acids is 2. The summed E-state index contributed by atoms with van der Waals surface area (Å²) in [5.41, 5.74) is 7.79. The van der Waals surface area contributed by atoms with Crippen LogP contribution in [0.5, 0.6) is 0 Å². The van der Waals surface area contributed by atoms with E-state index in [4.69, 9.17) is 20.2 Å². The Bertz CT molecular complexity index is 5450. The van der Waals surface area contributed by atoms with Gasteiger partial charge in [-0.05, 0) is 117 Å². The molecule has 11 aromatic heterocycles. The molecule has 11 heterocycles. The smallest absolute Gasteiger partial charge is 0.262 e. The Labute approximate surface area is 597 Å². The van der Waals surface area contributed by atoms with Crippen LogP contribution in [0.15, 0.2) is 154 Å². The van der Waals surface area contributed by atoms with E-state index < -0.39 is 29.5 Å². The number of hydrogen-bond donors (Lipinski definition) is 9. The summed E-state index contributed by atoms with van der Waals surface area (Å²) in [6.07, 6.45) is 21.9. The summed E-state index contributed by atoms with van der Waals surface area (Å²) in [5.74, 6) is 0.320. The second-order valence-corrected chi connectivity index (χ2v) is 32.9. The molecule has 3 aliphatic carbocycles. The van der Waals surface area contributed by atoms with E-state index in [0.29, 0.717) is 86.7 Å². The van der Waals surface area contributed by atoms with E-state index in [1.807, 2.05) is 48.8 Å². The van der Waals surface area contributed by atoms with Crippen molar-refractivity contribution in [1.29, 1.82) is 15.8 Å². The SMILES string of the molecule is CNC(=O)c1cnc(-c2cnc3[nH]ccc3c2NC2CC(CS(=O)(=O)c3cc(C#N)ccn3)C2)s1.CNC(=O)c1cnc(-c2cnc3[nH]ccc3c2NC2CC(CS(=O)(=O)c3cc(C#N)ccn3)C2)s1.N#Cc1cccc(S(=O)(=O)CC2CC(Nc3c(-c4ncc(CO)o4)cnc4[nH]ccc34)C2)c1. The molecular weight excluding hydrogens is 1420 g/mol. The maximum atomic E-state index is 12.8. The molecular formula is C69H63N19O10S5. The molecule has 0 saturated heterocycles. The van der Waals surface area contributed by atoms with Crippen molar-refractivity contribution in [2.24, 2.45) is 17.8 Å². The van der Waals surface area contributed by atoms with Gasteiger partial charge in [0.2, 0.25) is 5.89 Å². The first kappa shape index (κ1) is 70.1. The summed E-state index contributed by atoms with van der Waals surface area (Å²) < 4.78 is 82.4. The Hall–Kier alpha value is -11.3. The van der Waals surface area contributed by atoms with Gasteiger partial charge in [0.25, 0.3) is 11.8 Å². The number of hydrogen-bond acceptors (Lipinski definition) is 26. The maximum Gasteiger partial charge on any atom is 0.262 e. The number of nitriles is 3. The number of pyridine rings is 5. The third-order valence-electron chi connectivity index (χ3n) is 17.9. The van der Waals surface area contributed by atoms with Crippen molar-refractivity contribution in [3.05, 3.63) is 167 Å². The van der Waals surface area contributed by atoms with Crippen molar-refractivity contribution in [2.45, 2.75) is 78.2 Å². The number of oxazole rings is 1. The summed E-state index contributed by atoms with van der Waals surface area (Å²) in [5, 5.41) is 56.1. The number of carbonyl (C=O) groups is 2. The van der Waals surface area contributed by atoms with Crippen molar-refractivity contribution in [3.63, 3.8) is 0 Å². The van der Waals surface area contributed by atoms with Crippen molar-refractivity contribution >= 4 is 114 Å². The molecule has 3 fully saturated rings. The number of amides is 2. The minimum Gasteiger partial charge on any atom is -0.439 e. The molecule has 15 rings (SSSR count). The highest BCUT2D eigenvalue weighted by Crippen LogP contribution is 2.43. The molecule has 34 heteroatoms. The molecule has 0 bridgehead atoms. The molecule has 524 valence electrons. The maximum absolute atomic E-state index is 12.8. The van der Waals surface area contributed by atoms with Crippen LogP contribution in [0.1, 0.15) is 80.3 Å². The minimum absolute atomic E-state index is 0.0161. The van der Waals surface area contributed by atoms with Crippen LogP contribution in [0.3, 0.4) is 0 Å².